The van der Waals surface area contributed by atoms with Crippen LogP contribution < -0.4 is 5.32 Å². The first-order chi connectivity index (χ1) is 5.34. The minimum absolute atomic E-state index is 0.755. The van der Waals surface area contributed by atoms with Gasteiger partial charge in [-0.15, -0.1) is 0 Å². The molecule has 1 aliphatic rings. The lowest BCUT2D eigenvalue weighted by molar-refractivity contribution is 0.341. The van der Waals surface area contributed by atoms with Crippen LogP contribution in [0.4, 0.5) is 0 Å². The van der Waals surface area contributed by atoms with Crippen LogP contribution in [0.15, 0.2) is 0 Å². The molecule has 0 amide bonds. The fourth-order valence-electron chi connectivity index (χ4n) is 1.23. The molecule has 0 aromatic carbocycles. The van der Waals surface area contributed by atoms with Crippen molar-refractivity contribution in [2.45, 2.75) is 13.3 Å². The van der Waals surface area contributed by atoms with Crippen molar-refractivity contribution in [2.24, 2.45) is 5.92 Å². The van der Waals surface area contributed by atoms with Gasteiger partial charge in [-0.25, -0.2) is 4.98 Å². The number of hydrogen-bond acceptors (Lipinski definition) is 3. The lowest BCUT2D eigenvalue weighted by Gasteiger charge is -2.25. The van der Waals surface area contributed by atoms with Gasteiger partial charge in [0.15, 0.2) is 5.82 Å². The van der Waals surface area contributed by atoms with Crippen LogP contribution in [0, 0.1) is 12.8 Å². The summed E-state index contributed by atoms with van der Waals surface area (Å²) in [6.07, 6.45) is 1.01. The summed E-state index contributed by atoms with van der Waals surface area (Å²) in [6, 6.07) is 0. The molecule has 0 radical (unpaired) electrons. The van der Waals surface area contributed by atoms with Gasteiger partial charge in [-0.2, -0.15) is 5.10 Å². The van der Waals surface area contributed by atoms with Gasteiger partial charge in [0, 0.05) is 6.42 Å². The Morgan fingerprint density at radius 1 is 1.55 bits per heavy atom. The van der Waals surface area contributed by atoms with E-state index in [1.807, 2.05) is 6.92 Å². The van der Waals surface area contributed by atoms with E-state index in [-0.39, 0.29) is 0 Å². The van der Waals surface area contributed by atoms with Crippen LogP contribution in [-0.4, -0.2) is 28.3 Å². The molecule has 0 atom stereocenters. The standard InChI is InChI=1S/C7H12N4/c1-5-9-7(11-10-5)2-6-3-8-4-6/h6,8H,2-4H2,1H3,(H,9,10,11). The average Bonchev–Trinajstić information content (AvgIpc) is 2.27. The van der Waals surface area contributed by atoms with Gasteiger partial charge < -0.3 is 5.32 Å². The van der Waals surface area contributed by atoms with Crippen LogP contribution in [0.1, 0.15) is 11.6 Å². The van der Waals surface area contributed by atoms with Gasteiger partial charge in [-0.05, 0) is 25.9 Å². The van der Waals surface area contributed by atoms with Crippen molar-refractivity contribution >= 4 is 0 Å². The highest BCUT2D eigenvalue weighted by Gasteiger charge is 2.18. The van der Waals surface area contributed by atoms with E-state index in [4.69, 9.17) is 0 Å². The van der Waals surface area contributed by atoms with Crippen LogP contribution in [0.25, 0.3) is 0 Å². The molecular weight excluding hydrogens is 140 g/mol. The molecule has 0 unspecified atom stereocenters. The Labute approximate surface area is 65.4 Å². The molecular formula is C7H12N4. The molecule has 4 nitrogen and oxygen atoms in total. The maximum absolute atomic E-state index is 4.24. The lowest BCUT2D eigenvalue weighted by atomic mass is 9.99. The number of nitrogens with one attached hydrogen (secondary N) is 2. The summed E-state index contributed by atoms with van der Waals surface area (Å²) in [4.78, 5) is 4.24. The summed E-state index contributed by atoms with van der Waals surface area (Å²) < 4.78 is 0. The SMILES string of the molecule is Cc1nc(CC2CNC2)n[nH]1. The third kappa shape index (κ3) is 1.40. The zero-order valence-corrected chi connectivity index (χ0v) is 6.59. The van der Waals surface area contributed by atoms with Crippen molar-refractivity contribution in [3.8, 4) is 0 Å². The van der Waals surface area contributed by atoms with E-state index in [1.54, 1.807) is 0 Å². The Hall–Kier alpha value is -0.900. The van der Waals surface area contributed by atoms with Crippen molar-refractivity contribution in [3.63, 3.8) is 0 Å². The molecule has 1 fully saturated rings. The summed E-state index contributed by atoms with van der Waals surface area (Å²) in [5.41, 5.74) is 0. The molecule has 2 N–H and O–H groups in total. The first kappa shape index (κ1) is 6.79. The molecule has 2 rings (SSSR count). The zero-order valence-electron chi connectivity index (χ0n) is 6.59. The summed E-state index contributed by atoms with van der Waals surface area (Å²) in [7, 11) is 0. The second-order valence-electron chi connectivity index (χ2n) is 3.07. The van der Waals surface area contributed by atoms with Gasteiger partial charge in [-0.3, -0.25) is 5.10 Å². The molecule has 1 aromatic heterocycles. The highest BCUT2D eigenvalue weighted by atomic mass is 15.2. The first-order valence-electron chi connectivity index (χ1n) is 3.93. The predicted molar refractivity (Wildman–Crippen MR) is 41.2 cm³/mol. The third-order valence-electron chi connectivity index (χ3n) is 1.98. The summed E-state index contributed by atoms with van der Waals surface area (Å²) >= 11 is 0. The second-order valence-corrected chi connectivity index (χ2v) is 3.07. The van der Waals surface area contributed by atoms with Gasteiger partial charge in [-0.1, -0.05) is 0 Å². The monoisotopic (exact) mass is 152 g/mol. The maximum atomic E-state index is 4.24. The van der Waals surface area contributed by atoms with Crippen LogP contribution in [0.5, 0.6) is 0 Å². The Bertz CT molecular complexity index is 238. The Morgan fingerprint density at radius 2 is 2.36 bits per heavy atom. The van der Waals surface area contributed by atoms with Crippen molar-refractivity contribution < 1.29 is 0 Å². The maximum Gasteiger partial charge on any atom is 0.151 e. The number of aromatic nitrogens is 3. The highest BCUT2D eigenvalue weighted by molar-refractivity contribution is 4.92. The van der Waals surface area contributed by atoms with E-state index in [9.17, 15) is 0 Å². The van der Waals surface area contributed by atoms with E-state index in [1.165, 1.54) is 0 Å². The summed E-state index contributed by atoms with van der Waals surface area (Å²) in [5, 5.41) is 10.1. The predicted octanol–water partition coefficient (Wildman–Crippen LogP) is -0.125. The second kappa shape index (κ2) is 2.62. The van der Waals surface area contributed by atoms with Gasteiger partial charge >= 0.3 is 0 Å². The largest absolute Gasteiger partial charge is 0.316 e. The number of aryl methyl sites for hydroxylation is 1. The molecule has 1 saturated heterocycles. The van der Waals surface area contributed by atoms with Crippen LogP contribution in [0.3, 0.4) is 0 Å². The number of aromatic amines is 1. The minimum Gasteiger partial charge on any atom is -0.316 e. The molecule has 60 valence electrons. The van der Waals surface area contributed by atoms with Crippen LogP contribution >= 0.6 is 0 Å². The summed E-state index contributed by atoms with van der Waals surface area (Å²) in [5.74, 6) is 2.62. The molecule has 11 heavy (non-hydrogen) atoms. The number of H-pyrrole nitrogens is 1. The Kier molecular flexibility index (Phi) is 1.62. The van der Waals surface area contributed by atoms with Gasteiger partial charge in [0.25, 0.3) is 0 Å². The quantitative estimate of drug-likeness (QED) is 0.621. The van der Waals surface area contributed by atoms with E-state index >= 15 is 0 Å². The van der Waals surface area contributed by atoms with E-state index < -0.39 is 0 Å². The molecule has 1 aliphatic heterocycles. The van der Waals surface area contributed by atoms with Crippen LogP contribution in [-0.2, 0) is 6.42 Å². The first-order valence-corrected chi connectivity index (χ1v) is 3.93. The van der Waals surface area contributed by atoms with Gasteiger partial charge in [0.2, 0.25) is 0 Å². The Morgan fingerprint density at radius 3 is 2.82 bits per heavy atom. The van der Waals surface area contributed by atoms with Gasteiger partial charge in [0.1, 0.15) is 5.82 Å². The number of hydrogen-bond donors (Lipinski definition) is 2. The summed E-state index contributed by atoms with van der Waals surface area (Å²) in [6.45, 7) is 4.16. The van der Waals surface area contributed by atoms with Crippen molar-refractivity contribution in [1.29, 1.82) is 0 Å². The smallest absolute Gasteiger partial charge is 0.151 e. The Balaban J connectivity index is 1.95. The van der Waals surface area contributed by atoms with Crippen molar-refractivity contribution in [2.75, 3.05) is 13.1 Å². The van der Waals surface area contributed by atoms with Gasteiger partial charge in [0.05, 0.1) is 0 Å². The van der Waals surface area contributed by atoms with E-state index in [2.05, 4.69) is 20.5 Å². The van der Waals surface area contributed by atoms with E-state index in [0.29, 0.717) is 0 Å². The molecule has 0 aliphatic carbocycles. The van der Waals surface area contributed by atoms with Crippen molar-refractivity contribution in [3.05, 3.63) is 11.6 Å². The molecule has 4 heteroatoms. The molecule has 0 saturated carbocycles. The average molecular weight is 152 g/mol. The number of nitrogens with zero attached hydrogens (tertiary/aromatic N) is 2. The highest BCUT2D eigenvalue weighted by Crippen LogP contribution is 2.08. The molecule has 1 aromatic rings. The number of rotatable bonds is 2. The topological polar surface area (TPSA) is 53.6 Å². The van der Waals surface area contributed by atoms with Crippen molar-refractivity contribution in [1.82, 2.24) is 20.5 Å². The lowest BCUT2D eigenvalue weighted by Crippen LogP contribution is -2.43. The molecule has 0 bridgehead atoms. The molecule has 2 heterocycles. The fourth-order valence-corrected chi connectivity index (χ4v) is 1.23. The zero-order chi connectivity index (χ0) is 7.68. The fraction of sp³-hybridized carbons (Fsp3) is 0.714. The normalized spacial score (nSPS) is 18.3. The minimum atomic E-state index is 0.755. The van der Waals surface area contributed by atoms with Crippen LogP contribution in [0.2, 0.25) is 0 Å². The van der Waals surface area contributed by atoms with E-state index in [0.717, 1.165) is 37.1 Å². The third-order valence-corrected chi connectivity index (χ3v) is 1.98. The molecule has 0 spiro atoms.